The summed E-state index contributed by atoms with van der Waals surface area (Å²) >= 11 is 0. The van der Waals surface area contributed by atoms with Crippen molar-refractivity contribution in [3.05, 3.63) is 101 Å². The van der Waals surface area contributed by atoms with Crippen LogP contribution in [0.1, 0.15) is 65.6 Å². The monoisotopic (exact) mass is 587 g/mol. The summed E-state index contributed by atoms with van der Waals surface area (Å²) in [7, 11) is -4.05. The number of rotatable bonds is 10. The molecule has 1 saturated carbocycles. The highest BCUT2D eigenvalue weighted by Crippen LogP contribution is 2.30. The van der Waals surface area contributed by atoms with Gasteiger partial charge in [-0.25, -0.2) is 12.7 Å². The predicted molar refractivity (Wildman–Crippen MR) is 160 cm³/mol. The van der Waals surface area contributed by atoms with E-state index in [-0.39, 0.29) is 41.9 Å². The Morgan fingerprint density at radius 2 is 1.57 bits per heavy atom. The molecule has 9 heteroatoms. The minimum absolute atomic E-state index is 0.0484. The van der Waals surface area contributed by atoms with Crippen LogP contribution in [0.15, 0.2) is 83.8 Å². The zero-order chi connectivity index (χ0) is 29.7. The van der Waals surface area contributed by atoms with E-state index in [4.69, 9.17) is 0 Å². The standard InChI is InChI=1S/C33H37N3O5S/c1-24-16-18-26(19-17-24)23-35(31(37)20-21-36-33(39)28-14-8-9-15-30(28)42(36,40)41)29(22-25-10-4-2-5-11-25)32(38)34-27-12-6-3-7-13-27/h2,4-5,8-11,14-19,27,29H,3,6-7,12-13,20-23H2,1H3,(H,34,38). The molecule has 1 atom stereocenters. The summed E-state index contributed by atoms with van der Waals surface area (Å²) in [5.41, 5.74) is 2.95. The molecule has 3 aromatic rings. The van der Waals surface area contributed by atoms with Gasteiger partial charge in [0.15, 0.2) is 0 Å². The largest absolute Gasteiger partial charge is 0.352 e. The number of nitrogens with zero attached hydrogens (tertiary/aromatic N) is 2. The molecule has 0 spiro atoms. The second-order valence-corrected chi connectivity index (χ2v) is 13.0. The Hall–Kier alpha value is -3.98. The highest BCUT2D eigenvalue weighted by Gasteiger charge is 2.41. The SMILES string of the molecule is Cc1ccc(CN(C(=O)CCN2C(=O)c3ccccc3S2(=O)=O)C(Cc2ccccc2)C(=O)NC2CCCCC2)cc1. The molecule has 2 aliphatic rings. The first kappa shape index (κ1) is 29.5. The van der Waals surface area contributed by atoms with Gasteiger partial charge in [-0.1, -0.05) is 91.6 Å². The molecular formula is C33H37N3O5S. The van der Waals surface area contributed by atoms with Gasteiger partial charge in [0.1, 0.15) is 10.9 Å². The lowest BCUT2D eigenvalue weighted by molar-refractivity contribution is -0.141. The second kappa shape index (κ2) is 12.9. The van der Waals surface area contributed by atoms with E-state index in [1.165, 1.54) is 12.1 Å². The fraction of sp³-hybridized carbons (Fsp3) is 0.364. The Balaban J connectivity index is 1.42. The minimum Gasteiger partial charge on any atom is -0.352 e. The number of hydrogen-bond acceptors (Lipinski definition) is 5. The van der Waals surface area contributed by atoms with E-state index in [1.807, 2.05) is 61.5 Å². The van der Waals surface area contributed by atoms with Crippen LogP contribution < -0.4 is 5.32 Å². The average molecular weight is 588 g/mol. The van der Waals surface area contributed by atoms with E-state index >= 15 is 0 Å². The minimum atomic E-state index is -4.05. The zero-order valence-electron chi connectivity index (χ0n) is 23.9. The molecule has 220 valence electrons. The quantitative estimate of drug-likeness (QED) is 0.373. The number of carbonyl (C=O) groups excluding carboxylic acids is 3. The summed E-state index contributed by atoms with van der Waals surface area (Å²) in [4.78, 5) is 42.4. The number of fused-ring (bicyclic) bond motifs is 1. The first-order valence-corrected chi connectivity index (χ1v) is 16.0. The van der Waals surface area contributed by atoms with E-state index in [1.54, 1.807) is 17.0 Å². The molecule has 3 aromatic carbocycles. The van der Waals surface area contributed by atoms with Crippen molar-refractivity contribution in [1.29, 1.82) is 0 Å². The summed E-state index contributed by atoms with van der Waals surface area (Å²) in [6, 6.07) is 22.7. The third kappa shape index (κ3) is 6.57. The molecule has 8 nitrogen and oxygen atoms in total. The van der Waals surface area contributed by atoms with Crippen LogP contribution in [0.25, 0.3) is 0 Å². The molecule has 1 unspecified atom stereocenters. The van der Waals surface area contributed by atoms with Crippen molar-refractivity contribution in [2.45, 2.75) is 75.4 Å². The summed E-state index contributed by atoms with van der Waals surface area (Å²) in [6.07, 6.45) is 5.15. The molecule has 0 saturated heterocycles. The number of sulfonamides is 1. The number of aryl methyl sites for hydroxylation is 1. The fourth-order valence-electron chi connectivity index (χ4n) is 5.78. The fourth-order valence-corrected chi connectivity index (χ4v) is 7.35. The van der Waals surface area contributed by atoms with Crippen molar-refractivity contribution in [1.82, 2.24) is 14.5 Å². The molecule has 1 aliphatic heterocycles. The van der Waals surface area contributed by atoms with Gasteiger partial charge in [-0.3, -0.25) is 14.4 Å². The molecule has 5 rings (SSSR count). The topological polar surface area (TPSA) is 104 Å². The van der Waals surface area contributed by atoms with Crippen molar-refractivity contribution in [2.24, 2.45) is 0 Å². The number of benzene rings is 3. The average Bonchev–Trinajstić information content (AvgIpc) is 3.19. The first-order chi connectivity index (χ1) is 20.2. The van der Waals surface area contributed by atoms with Crippen LogP contribution in [-0.4, -0.2) is 54.0 Å². The van der Waals surface area contributed by atoms with Gasteiger partial charge in [0, 0.05) is 32.0 Å². The molecule has 1 fully saturated rings. The Labute approximate surface area is 247 Å². The summed E-state index contributed by atoms with van der Waals surface area (Å²) in [5, 5.41) is 3.21. The molecule has 0 aromatic heterocycles. The molecule has 3 amide bonds. The van der Waals surface area contributed by atoms with Gasteiger partial charge in [-0.15, -0.1) is 0 Å². The number of hydrogen-bond donors (Lipinski definition) is 1. The van der Waals surface area contributed by atoms with Crippen LogP contribution >= 0.6 is 0 Å². The Bertz CT molecular complexity index is 1530. The molecule has 1 heterocycles. The van der Waals surface area contributed by atoms with Crippen LogP contribution in [0, 0.1) is 6.92 Å². The molecule has 0 radical (unpaired) electrons. The van der Waals surface area contributed by atoms with Gasteiger partial charge in [-0.05, 0) is 43.0 Å². The van der Waals surface area contributed by atoms with Crippen LogP contribution in [0.4, 0.5) is 0 Å². The molecular weight excluding hydrogens is 550 g/mol. The van der Waals surface area contributed by atoms with Crippen molar-refractivity contribution in [3.8, 4) is 0 Å². The van der Waals surface area contributed by atoms with E-state index in [2.05, 4.69) is 5.32 Å². The lowest BCUT2D eigenvalue weighted by atomic mass is 9.94. The normalized spacial score (nSPS) is 17.0. The molecule has 1 aliphatic carbocycles. The van der Waals surface area contributed by atoms with Gasteiger partial charge >= 0.3 is 0 Å². The number of carbonyl (C=O) groups is 3. The van der Waals surface area contributed by atoms with Gasteiger partial charge in [0.2, 0.25) is 11.8 Å². The van der Waals surface area contributed by atoms with Crippen LogP contribution in [0.3, 0.4) is 0 Å². The van der Waals surface area contributed by atoms with Crippen LogP contribution in [0.2, 0.25) is 0 Å². The zero-order valence-corrected chi connectivity index (χ0v) is 24.7. The maximum Gasteiger partial charge on any atom is 0.269 e. The number of amides is 3. The Morgan fingerprint density at radius 1 is 0.905 bits per heavy atom. The lowest BCUT2D eigenvalue weighted by Crippen LogP contribution is -2.53. The highest BCUT2D eigenvalue weighted by atomic mass is 32.2. The van der Waals surface area contributed by atoms with Crippen LogP contribution in [0.5, 0.6) is 0 Å². The summed E-state index contributed by atoms with van der Waals surface area (Å²) in [6.45, 7) is 1.85. The van der Waals surface area contributed by atoms with E-state index in [0.717, 1.165) is 53.1 Å². The third-order valence-corrected chi connectivity index (χ3v) is 9.98. The second-order valence-electron chi connectivity index (χ2n) is 11.2. The molecule has 42 heavy (non-hydrogen) atoms. The smallest absolute Gasteiger partial charge is 0.269 e. The van der Waals surface area contributed by atoms with E-state index < -0.39 is 27.9 Å². The first-order valence-electron chi connectivity index (χ1n) is 14.6. The summed E-state index contributed by atoms with van der Waals surface area (Å²) in [5.74, 6) is -1.25. The van der Waals surface area contributed by atoms with E-state index in [9.17, 15) is 22.8 Å². The maximum absolute atomic E-state index is 14.0. The summed E-state index contributed by atoms with van der Waals surface area (Å²) < 4.78 is 27.0. The van der Waals surface area contributed by atoms with Gasteiger partial charge in [-0.2, -0.15) is 0 Å². The predicted octanol–water partition coefficient (Wildman–Crippen LogP) is 4.62. The lowest BCUT2D eigenvalue weighted by Gasteiger charge is -2.34. The van der Waals surface area contributed by atoms with Crippen molar-refractivity contribution in [2.75, 3.05) is 6.54 Å². The van der Waals surface area contributed by atoms with Gasteiger partial charge < -0.3 is 10.2 Å². The third-order valence-electron chi connectivity index (χ3n) is 8.14. The molecule has 1 N–H and O–H groups in total. The van der Waals surface area contributed by atoms with Crippen molar-refractivity contribution in [3.63, 3.8) is 0 Å². The molecule has 0 bridgehead atoms. The van der Waals surface area contributed by atoms with E-state index in [0.29, 0.717) is 6.42 Å². The van der Waals surface area contributed by atoms with Crippen LogP contribution in [-0.2, 0) is 32.6 Å². The highest BCUT2D eigenvalue weighted by molar-refractivity contribution is 7.90. The van der Waals surface area contributed by atoms with Gasteiger partial charge in [0.05, 0.1) is 5.56 Å². The number of nitrogens with one attached hydrogen (secondary N) is 1. The van der Waals surface area contributed by atoms with Crippen molar-refractivity contribution >= 4 is 27.7 Å². The maximum atomic E-state index is 14.0. The Kier molecular flexibility index (Phi) is 9.06. The Morgan fingerprint density at radius 3 is 2.26 bits per heavy atom. The van der Waals surface area contributed by atoms with Gasteiger partial charge in [0.25, 0.3) is 15.9 Å². The van der Waals surface area contributed by atoms with Crippen molar-refractivity contribution < 1.29 is 22.8 Å².